The van der Waals surface area contributed by atoms with Gasteiger partial charge >= 0.3 is 0 Å². The van der Waals surface area contributed by atoms with Gasteiger partial charge in [-0.15, -0.1) is 0 Å². The minimum atomic E-state index is -0.843. The van der Waals surface area contributed by atoms with Crippen LogP contribution >= 0.6 is 0 Å². The summed E-state index contributed by atoms with van der Waals surface area (Å²) >= 11 is 0. The topological polar surface area (TPSA) is 75.4 Å². The van der Waals surface area contributed by atoms with Crippen molar-refractivity contribution < 1.29 is 9.90 Å². The first kappa shape index (κ1) is 14.7. The van der Waals surface area contributed by atoms with Gasteiger partial charge in [0, 0.05) is 6.54 Å². The maximum atomic E-state index is 11.4. The SMILES string of the molecule is CCC(C)c1ccc(CNC(=O)C(N)CO)cc1. The van der Waals surface area contributed by atoms with E-state index in [2.05, 4.69) is 31.3 Å². The second-order valence-electron chi connectivity index (χ2n) is 4.56. The number of hydrogen-bond donors (Lipinski definition) is 3. The molecular formula is C14H22N2O2. The lowest BCUT2D eigenvalue weighted by atomic mass is 9.98. The van der Waals surface area contributed by atoms with Gasteiger partial charge in [-0.25, -0.2) is 0 Å². The molecule has 0 spiro atoms. The number of carbonyl (C=O) groups excluding carboxylic acids is 1. The molecule has 4 nitrogen and oxygen atoms in total. The molecule has 0 bridgehead atoms. The van der Waals surface area contributed by atoms with E-state index in [0.29, 0.717) is 12.5 Å². The van der Waals surface area contributed by atoms with Gasteiger partial charge in [-0.1, -0.05) is 38.1 Å². The molecule has 0 aliphatic rings. The van der Waals surface area contributed by atoms with Crippen LogP contribution in [0.3, 0.4) is 0 Å². The molecule has 2 unspecified atom stereocenters. The van der Waals surface area contributed by atoms with E-state index in [1.807, 2.05) is 12.1 Å². The van der Waals surface area contributed by atoms with Gasteiger partial charge in [-0.05, 0) is 23.5 Å². The van der Waals surface area contributed by atoms with Crippen LogP contribution in [0.5, 0.6) is 0 Å². The summed E-state index contributed by atoms with van der Waals surface area (Å²) in [4.78, 5) is 11.4. The van der Waals surface area contributed by atoms with Crippen molar-refractivity contribution in [2.75, 3.05) is 6.61 Å². The van der Waals surface area contributed by atoms with E-state index in [-0.39, 0.29) is 12.5 Å². The van der Waals surface area contributed by atoms with Crippen molar-refractivity contribution in [1.82, 2.24) is 5.32 Å². The summed E-state index contributed by atoms with van der Waals surface area (Å²) in [5.74, 6) is 0.222. The first-order valence-electron chi connectivity index (χ1n) is 6.31. The van der Waals surface area contributed by atoms with Crippen molar-refractivity contribution >= 4 is 5.91 Å². The van der Waals surface area contributed by atoms with Gasteiger partial charge in [0.25, 0.3) is 0 Å². The predicted octanol–water partition coefficient (Wildman–Crippen LogP) is 1.14. The van der Waals surface area contributed by atoms with Crippen LogP contribution in [-0.2, 0) is 11.3 Å². The minimum Gasteiger partial charge on any atom is -0.394 e. The lowest BCUT2D eigenvalue weighted by Crippen LogP contribution is -2.42. The Labute approximate surface area is 108 Å². The number of hydrogen-bond acceptors (Lipinski definition) is 3. The second kappa shape index (κ2) is 7.13. The second-order valence-corrected chi connectivity index (χ2v) is 4.56. The van der Waals surface area contributed by atoms with Crippen molar-refractivity contribution in [3.63, 3.8) is 0 Å². The molecule has 1 amide bonds. The lowest BCUT2D eigenvalue weighted by Gasteiger charge is -2.11. The highest BCUT2D eigenvalue weighted by molar-refractivity contribution is 5.81. The maximum Gasteiger partial charge on any atom is 0.239 e. The van der Waals surface area contributed by atoms with Gasteiger partial charge in [0.05, 0.1) is 6.61 Å². The standard InChI is InChI=1S/C14H22N2O2/c1-3-10(2)12-6-4-11(5-7-12)8-16-14(18)13(15)9-17/h4-7,10,13,17H,3,8-9,15H2,1-2H3,(H,16,18). The third-order valence-electron chi connectivity index (χ3n) is 3.16. The number of amides is 1. The van der Waals surface area contributed by atoms with Crippen molar-refractivity contribution in [3.05, 3.63) is 35.4 Å². The van der Waals surface area contributed by atoms with E-state index in [0.717, 1.165) is 12.0 Å². The minimum absolute atomic E-state index is 0.330. The van der Waals surface area contributed by atoms with Crippen molar-refractivity contribution in [2.24, 2.45) is 5.73 Å². The van der Waals surface area contributed by atoms with Crippen molar-refractivity contribution in [3.8, 4) is 0 Å². The van der Waals surface area contributed by atoms with Crippen LogP contribution in [0.1, 0.15) is 37.3 Å². The number of aliphatic hydroxyl groups excluding tert-OH is 1. The van der Waals surface area contributed by atoms with Crippen LogP contribution in [0.4, 0.5) is 0 Å². The first-order valence-corrected chi connectivity index (χ1v) is 6.31. The van der Waals surface area contributed by atoms with Crippen molar-refractivity contribution in [2.45, 2.75) is 38.8 Å². The highest BCUT2D eigenvalue weighted by atomic mass is 16.3. The Morgan fingerprint density at radius 1 is 1.39 bits per heavy atom. The molecule has 4 heteroatoms. The molecule has 0 saturated carbocycles. The molecule has 0 aromatic heterocycles. The van der Waals surface area contributed by atoms with Crippen LogP contribution in [0.2, 0.25) is 0 Å². The highest BCUT2D eigenvalue weighted by Gasteiger charge is 2.11. The van der Waals surface area contributed by atoms with Gasteiger partial charge in [0.2, 0.25) is 5.91 Å². The molecule has 100 valence electrons. The van der Waals surface area contributed by atoms with Gasteiger partial charge in [-0.3, -0.25) is 4.79 Å². The Morgan fingerprint density at radius 2 is 2.00 bits per heavy atom. The van der Waals surface area contributed by atoms with Gasteiger partial charge < -0.3 is 16.2 Å². The summed E-state index contributed by atoms with van der Waals surface area (Å²) in [6, 6.07) is 7.34. The van der Waals surface area contributed by atoms with E-state index in [9.17, 15) is 4.79 Å². The fourth-order valence-corrected chi connectivity index (χ4v) is 1.60. The number of nitrogens with two attached hydrogens (primary N) is 1. The molecule has 1 aromatic carbocycles. The van der Waals surface area contributed by atoms with Gasteiger partial charge in [0.15, 0.2) is 0 Å². The summed E-state index contributed by atoms with van der Waals surface area (Å²) in [6.45, 7) is 4.46. The maximum absolute atomic E-state index is 11.4. The molecule has 1 aromatic rings. The molecule has 2 atom stereocenters. The average molecular weight is 250 g/mol. The predicted molar refractivity (Wildman–Crippen MR) is 72.1 cm³/mol. The smallest absolute Gasteiger partial charge is 0.239 e. The third-order valence-corrected chi connectivity index (χ3v) is 3.16. The fraction of sp³-hybridized carbons (Fsp3) is 0.500. The summed E-state index contributed by atoms with van der Waals surface area (Å²) < 4.78 is 0. The summed E-state index contributed by atoms with van der Waals surface area (Å²) in [5, 5.41) is 11.4. The average Bonchev–Trinajstić information content (AvgIpc) is 2.43. The van der Waals surface area contributed by atoms with E-state index in [1.165, 1.54) is 5.56 Å². The van der Waals surface area contributed by atoms with E-state index in [4.69, 9.17) is 10.8 Å². The van der Waals surface area contributed by atoms with E-state index in [1.54, 1.807) is 0 Å². The highest BCUT2D eigenvalue weighted by Crippen LogP contribution is 2.18. The molecule has 0 aliphatic heterocycles. The van der Waals surface area contributed by atoms with Crippen LogP contribution in [0.25, 0.3) is 0 Å². The molecule has 0 radical (unpaired) electrons. The normalized spacial score (nSPS) is 14.0. The van der Waals surface area contributed by atoms with Gasteiger partial charge in [-0.2, -0.15) is 0 Å². The Kier molecular flexibility index (Phi) is 5.82. The largest absolute Gasteiger partial charge is 0.394 e. The number of nitrogens with one attached hydrogen (secondary N) is 1. The zero-order chi connectivity index (χ0) is 13.5. The van der Waals surface area contributed by atoms with Crippen LogP contribution < -0.4 is 11.1 Å². The van der Waals surface area contributed by atoms with Crippen LogP contribution in [0.15, 0.2) is 24.3 Å². The van der Waals surface area contributed by atoms with E-state index >= 15 is 0 Å². The van der Waals surface area contributed by atoms with Crippen molar-refractivity contribution in [1.29, 1.82) is 0 Å². The summed E-state index contributed by atoms with van der Waals surface area (Å²) in [6.07, 6.45) is 1.11. The molecular weight excluding hydrogens is 228 g/mol. The molecule has 0 aliphatic carbocycles. The van der Waals surface area contributed by atoms with Crippen LogP contribution in [0, 0.1) is 0 Å². The molecule has 1 rings (SSSR count). The third kappa shape index (κ3) is 4.13. The number of benzene rings is 1. The quantitative estimate of drug-likeness (QED) is 0.708. The lowest BCUT2D eigenvalue weighted by molar-refractivity contribution is -0.123. The molecule has 0 heterocycles. The Hall–Kier alpha value is -1.39. The first-order chi connectivity index (χ1) is 8.58. The Bertz CT molecular complexity index is 376. The van der Waals surface area contributed by atoms with Crippen LogP contribution in [-0.4, -0.2) is 23.7 Å². The summed E-state index contributed by atoms with van der Waals surface area (Å²) in [7, 11) is 0. The number of carbonyl (C=O) groups is 1. The number of rotatable bonds is 6. The zero-order valence-corrected chi connectivity index (χ0v) is 11.0. The Morgan fingerprint density at radius 3 is 2.50 bits per heavy atom. The molecule has 4 N–H and O–H groups in total. The van der Waals surface area contributed by atoms with Gasteiger partial charge in [0.1, 0.15) is 6.04 Å². The number of aliphatic hydroxyl groups is 1. The zero-order valence-electron chi connectivity index (χ0n) is 11.0. The monoisotopic (exact) mass is 250 g/mol. The fourth-order valence-electron chi connectivity index (χ4n) is 1.60. The Balaban J connectivity index is 2.51. The van der Waals surface area contributed by atoms with E-state index < -0.39 is 6.04 Å². The summed E-state index contributed by atoms with van der Waals surface area (Å²) in [5.41, 5.74) is 7.73. The molecule has 18 heavy (non-hydrogen) atoms. The molecule has 0 saturated heterocycles. The molecule has 0 fully saturated rings.